The van der Waals surface area contributed by atoms with Crippen LogP contribution >= 0.6 is 0 Å². The second-order valence-electron chi connectivity index (χ2n) is 5.04. The number of carbonyl (C=O) groups excluding carboxylic acids is 3. The van der Waals surface area contributed by atoms with Crippen molar-refractivity contribution in [3.8, 4) is 0 Å². The van der Waals surface area contributed by atoms with Crippen LogP contribution in [0.5, 0.6) is 0 Å². The Morgan fingerprint density at radius 2 is 1.65 bits per heavy atom. The van der Waals surface area contributed by atoms with Gasteiger partial charge in [0.1, 0.15) is 11.7 Å². The van der Waals surface area contributed by atoms with Gasteiger partial charge in [-0.2, -0.15) is 0 Å². The molecule has 1 rings (SSSR count). The van der Waals surface area contributed by atoms with Crippen molar-refractivity contribution in [2.24, 2.45) is 11.8 Å². The van der Waals surface area contributed by atoms with E-state index in [0.29, 0.717) is 32.3 Å². The molecule has 1 aliphatic carbocycles. The number of hydrogen-bond acceptors (Lipinski definition) is 5. The summed E-state index contributed by atoms with van der Waals surface area (Å²) in [5.74, 6) is -1.66. The van der Waals surface area contributed by atoms with Crippen molar-refractivity contribution in [2.45, 2.75) is 52.4 Å². The summed E-state index contributed by atoms with van der Waals surface area (Å²) in [5.41, 5.74) is 0. The average Bonchev–Trinajstić information content (AvgIpc) is 2.50. The number of ether oxygens (including phenoxy) is 2. The molecular formula is C15H24O5. The smallest absolute Gasteiger partial charge is 0.316 e. The fourth-order valence-corrected chi connectivity index (χ4v) is 2.53. The molecule has 0 N–H and O–H groups in total. The molecule has 0 aromatic carbocycles. The van der Waals surface area contributed by atoms with Gasteiger partial charge in [0.2, 0.25) is 0 Å². The molecule has 20 heavy (non-hydrogen) atoms. The summed E-state index contributed by atoms with van der Waals surface area (Å²) in [6, 6.07) is 0. The topological polar surface area (TPSA) is 69.7 Å². The summed E-state index contributed by atoms with van der Waals surface area (Å²) in [5, 5.41) is 0. The standard InChI is InChI=1S/C15H24O5/c1-3-19-14(17)11-7-5-6-8-13(16)12(10-9-11)15(18)20-4-2/h11-12H,3-10H2,1-2H3. The number of esters is 2. The molecule has 1 fully saturated rings. The Morgan fingerprint density at radius 1 is 1.00 bits per heavy atom. The normalized spacial score (nSPS) is 24.2. The van der Waals surface area contributed by atoms with Gasteiger partial charge in [-0.1, -0.05) is 6.42 Å². The van der Waals surface area contributed by atoms with E-state index in [1.165, 1.54) is 0 Å². The van der Waals surface area contributed by atoms with E-state index in [1.807, 2.05) is 0 Å². The lowest BCUT2D eigenvalue weighted by molar-refractivity contribution is -0.153. The third-order valence-electron chi connectivity index (χ3n) is 3.61. The van der Waals surface area contributed by atoms with Crippen LogP contribution in [-0.2, 0) is 23.9 Å². The zero-order valence-corrected chi connectivity index (χ0v) is 12.4. The maximum Gasteiger partial charge on any atom is 0.316 e. The van der Waals surface area contributed by atoms with E-state index in [1.54, 1.807) is 13.8 Å². The summed E-state index contributed by atoms with van der Waals surface area (Å²) in [6.07, 6.45) is 3.52. The molecular weight excluding hydrogens is 260 g/mol. The van der Waals surface area contributed by atoms with Gasteiger partial charge < -0.3 is 9.47 Å². The van der Waals surface area contributed by atoms with Crippen LogP contribution in [0, 0.1) is 11.8 Å². The summed E-state index contributed by atoms with van der Waals surface area (Å²) >= 11 is 0. The Morgan fingerprint density at radius 3 is 2.30 bits per heavy atom. The monoisotopic (exact) mass is 284 g/mol. The van der Waals surface area contributed by atoms with Crippen molar-refractivity contribution in [3.05, 3.63) is 0 Å². The maximum absolute atomic E-state index is 12.0. The van der Waals surface area contributed by atoms with Crippen molar-refractivity contribution in [3.63, 3.8) is 0 Å². The van der Waals surface area contributed by atoms with Crippen LogP contribution in [0.25, 0.3) is 0 Å². The van der Waals surface area contributed by atoms with Gasteiger partial charge in [-0.3, -0.25) is 14.4 Å². The molecule has 1 aliphatic rings. The highest BCUT2D eigenvalue weighted by atomic mass is 16.5. The van der Waals surface area contributed by atoms with Crippen molar-refractivity contribution in [1.82, 2.24) is 0 Å². The summed E-state index contributed by atoms with van der Waals surface area (Å²) in [4.78, 5) is 35.7. The molecule has 2 atom stereocenters. The lowest BCUT2D eigenvalue weighted by Crippen LogP contribution is -2.27. The van der Waals surface area contributed by atoms with Gasteiger partial charge in [0.25, 0.3) is 0 Å². The second-order valence-corrected chi connectivity index (χ2v) is 5.04. The molecule has 0 amide bonds. The van der Waals surface area contributed by atoms with Gasteiger partial charge in [-0.25, -0.2) is 0 Å². The van der Waals surface area contributed by atoms with E-state index >= 15 is 0 Å². The molecule has 0 radical (unpaired) electrons. The van der Waals surface area contributed by atoms with Gasteiger partial charge in [0.15, 0.2) is 0 Å². The van der Waals surface area contributed by atoms with Gasteiger partial charge in [-0.15, -0.1) is 0 Å². The summed E-state index contributed by atoms with van der Waals surface area (Å²) in [6.45, 7) is 4.12. The highest BCUT2D eigenvalue weighted by Gasteiger charge is 2.31. The number of carbonyl (C=O) groups is 3. The lowest BCUT2D eigenvalue weighted by Gasteiger charge is -2.16. The molecule has 114 valence electrons. The molecule has 2 unspecified atom stereocenters. The first kappa shape index (κ1) is 16.7. The largest absolute Gasteiger partial charge is 0.466 e. The average molecular weight is 284 g/mol. The Bertz CT molecular complexity index is 350. The van der Waals surface area contributed by atoms with E-state index in [0.717, 1.165) is 12.8 Å². The Hall–Kier alpha value is -1.39. The van der Waals surface area contributed by atoms with Crippen LogP contribution < -0.4 is 0 Å². The SMILES string of the molecule is CCOC(=O)C1CCCCC(=O)C(C(=O)OCC)CC1. The summed E-state index contributed by atoms with van der Waals surface area (Å²) < 4.78 is 10.0. The van der Waals surface area contributed by atoms with Crippen LogP contribution in [0.1, 0.15) is 52.4 Å². The summed E-state index contributed by atoms with van der Waals surface area (Å²) in [7, 11) is 0. The van der Waals surface area contributed by atoms with Gasteiger partial charge in [0.05, 0.1) is 19.1 Å². The third-order valence-corrected chi connectivity index (χ3v) is 3.61. The number of hydrogen-bond donors (Lipinski definition) is 0. The predicted molar refractivity (Wildman–Crippen MR) is 73.0 cm³/mol. The van der Waals surface area contributed by atoms with Gasteiger partial charge in [-0.05, 0) is 39.5 Å². The highest BCUT2D eigenvalue weighted by molar-refractivity contribution is 5.99. The Labute approximate surface area is 120 Å². The van der Waals surface area contributed by atoms with E-state index in [4.69, 9.17) is 9.47 Å². The lowest BCUT2D eigenvalue weighted by atomic mass is 9.92. The Balaban J connectivity index is 2.70. The minimum atomic E-state index is -0.718. The molecule has 1 saturated carbocycles. The molecule has 0 spiro atoms. The third kappa shape index (κ3) is 4.94. The molecule has 0 heterocycles. The molecule has 0 saturated heterocycles. The number of ketones is 1. The quantitative estimate of drug-likeness (QED) is 0.585. The molecule has 5 nitrogen and oxygen atoms in total. The Kier molecular flexibility index (Phi) is 7.26. The molecule has 0 aliphatic heterocycles. The first-order chi connectivity index (χ1) is 9.60. The van der Waals surface area contributed by atoms with E-state index in [-0.39, 0.29) is 24.3 Å². The van der Waals surface area contributed by atoms with Crippen molar-refractivity contribution < 1.29 is 23.9 Å². The van der Waals surface area contributed by atoms with E-state index in [2.05, 4.69) is 0 Å². The fraction of sp³-hybridized carbons (Fsp3) is 0.800. The zero-order chi connectivity index (χ0) is 15.0. The zero-order valence-electron chi connectivity index (χ0n) is 12.4. The molecule has 0 aromatic heterocycles. The maximum atomic E-state index is 12.0. The molecule has 0 aromatic rings. The first-order valence-electron chi connectivity index (χ1n) is 7.46. The number of Topliss-reactive ketones (excluding diaryl/α,β-unsaturated/α-hetero) is 1. The second kappa shape index (κ2) is 8.72. The van der Waals surface area contributed by atoms with Crippen LogP contribution in [0.4, 0.5) is 0 Å². The van der Waals surface area contributed by atoms with Crippen LogP contribution in [-0.4, -0.2) is 30.9 Å². The van der Waals surface area contributed by atoms with Crippen LogP contribution in [0.2, 0.25) is 0 Å². The van der Waals surface area contributed by atoms with Crippen molar-refractivity contribution in [1.29, 1.82) is 0 Å². The van der Waals surface area contributed by atoms with E-state index < -0.39 is 11.9 Å². The minimum absolute atomic E-state index is 0.0621. The van der Waals surface area contributed by atoms with Gasteiger partial charge in [0, 0.05) is 6.42 Å². The first-order valence-corrected chi connectivity index (χ1v) is 7.46. The van der Waals surface area contributed by atoms with E-state index in [9.17, 15) is 14.4 Å². The molecule has 5 heteroatoms. The van der Waals surface area contributed by atoms with Crippen LogP contribution in [0.15, 0.2) is 0 Å². The van der Waals surface area contributed by atoms with Crippen LogP contribution in [0.3, 0.4) is 0 Å². The van der Waals surface area contributed by atoms with Crippen molar-refractivity contribution >= 4 is 17.7 Å². The number of rotatable bonds is 4. The fourth-order valence-electron chi connectivity index (χ4n) is 2.53. The molecule has 0 bridgehead atoms. The minimum Gasteiger partial charge on any atom is -0.466 e. The van der Waals surface area contributed by atoms with Gasteiger partial charge >= 0.3 is 11.9 Å². The highest BCUT2D eigenvalue weighted by Crippen LogP contribution is 2.25. The van der Waals surface area contributed by atoms with Crippen molar-refractivity contribution in [2.75, 3.05) is 13.2 Å². The predicted octanol–water partition coefficient (Wildman–Crippen LogP) is 2.27.